The van der Waals surface area contributed by atoms with Gasteiger partial charge in [0.25, 0.3) is 11.8 Å². The predicted molar refractivity (Wildman–Crippen MR) is 63.2 cm³/mol. The molecule has 0 aromatic heterocycles. The van der Waals surface area contributed by atoms with E-state index in [0.29, 0.717) is 5.56 Å². The van der Waals surface area contributed by atoms with Crippen molar-refractivity contribution in [3.8, 4) is 0 Å². The molecule has 0 saturated carbocycles. The first kappa shape index (κ1) is 10.9. The van der Waals surface area contributed by atoms with Crippen molar-refractivity contribution in [3.05, 3.63) is 34.9 Å². The van der Waals surface area contributed by atoms with E-state index in [1.807, 2.05) is 6.07 Å². The van der Waals surface area contributed by atoms with E-state index in [1.165, 1.54) is 0 Å². The molecule has 2 aliphatic rings. The van der Waals surface area contributed by atoms with Crippen LogP contribution in [0.25, 0.3) is 0 Å². The van der Waals surface area contributed by atoms with Gasteiger partial charge in [0.1, 0.15) is 0 Å². The van der Waals surface area contributed by atoms with Gasteiger partial charge in [-0.15, -0.1) is 0 Å². The van der Waals surface area contributed by atoms with Gasteiger partial charge in [0.05, 0.1) is 5.92 Å². The Hall–Kier alpha value is -1.20. The van der Waals surface area contributed by atoms with Crippen LogP contribution in [0, 0.1) is 0 Å². The Kier molecular flexibility index (Phi) is 2.34. The van der Waals surface area contributed by atoms with Gasteiger partial charge in [-0.05, 0) is 30.0 Å². The molecular weight excluding hydrogens is 286 g/mol. The topological polar surface area (TPSA) is 57.6 Å². The van der Waals surface area contributed by atoms with Gasteiger partial charge in [0.15, 0.2) is 0 Å². The Bertz CT molecular complexity index is 528. The monoisotopic (exact) mass is 295 g/mol. The molecule has 0 saturated heterocycles. The second-order valence-corrected chi connectivity index (χ2v) is 5.54. The molecule has 0 radical (unpaired) electrons. The maximum absolute atomic E-state index is 12.0. The number of nitrogens with zero attached hydrogens (tertiary/aromatic N) is 1. The molecule has 2 unspecified atom stereocenters. The second-order valence-electron chi connectivity index (χ2n) is 4.37. The highest BCUT2D eigenvalue weighted by Gasteiger charge is 2.44. The molecular formula is C12H10BrNO3. The normalized spacial score (nSPS) is 27.1. The molecule has 5 heteroatoms. The standard InChI is InChI=1S/C12H10BrNO3/c13-8-5-4-6-2-1-3-7-9(6)10(8)12(16)14(17)11(7)15/h1-3,8,10,17H,4-5H2. The number of amides is 2. The lowest BCUT2D eigenvalue weighted by Gasteiger charge is -2.36. The summed E-state index contributed by atoms with van der Waals surface area (Å²) in [6.07, 6.45) is 1.68. The van der Waals surface area contributed by atoms with Crippen molar-refractivity contribution in [1.29, 1.82) is 0 Å². The summed E-state index contributed by atoms with van der Waals surface area (Å²) in [5.41, 5.74) is 2.28. The van der Waals surface area contributed by atoms with E-state index in [-0.39, 0.29) is 9.89 Å². The lowest BCUT2D eigenvalue weighted by molar-refractivity contribution is -0.156. The van der Waals surface area contributed by atoms with Crippen molar-refractivity contribution in [2.24, 2.45) is 0 Å². The van der Waals surface area contributed by atoms with Crippen LogP contribution in [0.5, 0.6) is 0 Å². The Morgan fingerprint density at radius 2 is 2.12 bits per heavy atom. The summed E-state index contributed by atoms with van der Waals surface area (Å²) in [4.78, 5) is 23.7. The van der Waals surface area contributed by atoms with E-state index in [1.54, 1.807) is 12.1 Å². The van der Waals surface area contributed by atoms with Crippen molar-refractivity contribution >= 4 is 27.7 Å². The van der Waals surface area contributed by atoms with Gasteiger partial charge in [0.2, 0.25) is 0 Å². The highest BCUT2D eigenvalue weighted by Crippen LogP contribution is 2.41. The van der Waals surface area contributed by atoms with Crippen LogP contribution in [-0.4, -0.2) is 26.9 Å². The van der Waals surface area contributed by atoms with Gasteiger partial charge in [-0.2, -0.15) is 5.06 Å². The van der Waals surface area contributed by atoms with Gasteiger partial charge in [0, 0.05) is 10.4 Å². The van der Waals surface area contributed by atoms with E-state index in [2.05, 4.69) is 15.9 Å². The number of rotatable bonds is 0. The van der Waals surface area contributed by atoms with Crippen LogP contribution >= 0.6 is 15.9 Å². The third-order valence-electron chi connectivity index (χ3n) is 3.46. The number of imide groups is 1. The molecule has 4 nitrogen and oxygen atoms in total. The fraction of sp³-hybridized carbons (Fsp3) is 0.333. The minimum absolute atomic E-state index is 0.0219. The van der Waals surface area contributed by atoms with E-state index < -0.39 is 17.7 Å². The van der Waals surface area contributed by atoms with Crippen molar-refractivity contribution < 1.29 is 14.8 Å². The van der Waals surface area contributed by atoms with Gasteiger partial charge in [-0.25, -0.2) is 0 Å². The minimum atomic E-state index is -0.621. The second kappa shape index (κ2) is 3.65. The van der Waals surface area contributed by atoms with Crippen LogP contribution in [0.1, 0.15) is 33.8 Å². The van der Waals surface area contributed by atoms with Gasteiger partial charge in [-0.1, -0.05) is 28.1 Å². The predicted octanol–water partition coefficient (Wildman–Crippen LogP) is 1.85. The maximum Gasteiger partial charge on any atom is 0.284 e. The molecule has 1 aliphatic carbocycles. The van der Waals surface area contributed by atoms with Gasteiger partial charge in [-0.3, -0.25) is 14.8 Å². The smallest absolute Gasteiger partial charge is 0.278 e. The summed E-state index contributed by atoms with van der Waals surface area (Å²) in [5.74, 6) is -1.60. The average Bonchev–Trinajstić information content (AvgIpc) is 2.34. The number of hydrogen-bond acceptors (Lipinski definition) is 3. The first-order valence-corrected chi connectivity index (χ1v) is 6.36. The summed E-state index contributed by atoms with van der Waals surface area (Å²) in [6.45, 7) is 0. The number of carbonyl (C=O) groups is 2. The minimum Gasteiger partial charge on any atom is -0.278 e. The number of halogens is 1. The molecule has 1 N–H and O–H groups in total. The van der Waals surface area contributed by atoms with Crippen LogP contribution in [-0.2, 0) is 11.2 Å². The lowest BCUT2D eigenvalue weighted by atomic mass is 9.77. The molecule has 1 heterocycles. The summed E-state index contributed by atoms with van der Waals surface area (Å²) < 4.78 is 0. The van der Waals surface area contributed by atoms with Crippen LogP contribution < -0.4 is 0 Å². The number of benzene rings is 1. The number of hydroxylamine groups is 2. The Morgan fingerprint density at radius 1 is 1.35 bits per heavy atom. The Labute approximate surface area is 106 Å². The quantitative estimate of drug-likeness (QED) is 0.451. The summed E-state index contributed by atoms with van der Waals surface area (Å²) in [6, 6.07) is 5.40. The first-order chi connectivity index (χ1) is 8.11. The molecule has 88 valence electrons. The van der Waals surface area contributed by atoms with Gasteiger partial charge < -0.3 is 0 Å². The molecule has 1 aromatic rings. The molecule has 0 spiro atoms. The third-order valence-corrected chi connectivity index (χ3v) is 4.44. The van der Waals surface area contributed by atoms with E-state index in [4.69, 9.17) is 0 Å². The number of carbonyl (C=O) groups excluding carboxylic acids is 2. The number of alkyl halides is 1. The summed E-state index contributed by atoms with van der Waals surface area (Å²) >= 11 is 3.47. The van der Waals surface area contributed by atoms with Crippen LogP contribution in [0.15, 0.2) is 18.2 Å². The summed E-state index contributed by atoms with van der Waals surface area (Å²) in [7, 11) is 0. The van der Waals surface area contributed by atoms with E-state index >= 15 is 0 Å². The highest BCUT2D eigenvalue weighted by atomic mass is 79.9. The van der Waals surface area contributed by atoms with Crippen molar-refractivity contribution in [3.63, 3.8) is 0 Å². The number of aryl methyl sites for hydroxylation is 1. The van der Waals surface area contributed by atoms with Crippen LogP contribution in [0.3, 0.4) is 0 Å². The first-order valence-electron chi connectivity index (χ1n) is 5.44. The number of hydrogen-bond donors (Lipinski definition) is 1. The third kappa shape index (κ3) is 1.39. The van der Waals surface area contributed by atoms with E-state index in [9.17, 15) is 14.8 Å². The van der Waals surface area contributed by atoms with Crippen molar-refractivity contribution in [2.75, 3.05) is 0 Å². The maximum atomic E-state index is 12.0. The fourth-order valence-corrected chi connectivity index (χ4v) is 3.37. The zero-order chi connectivity index (χ0) is 12.2. The summed E-state index contributed by atoms with van der Waals surface area (Å²) in [5, 5.41) is 9.79. The SMILES string of the molecule is O=C1c2cccc3c2C(C(=O)N1O)C(Br)CC3. The molecule has 3 rings (SSSR count). The molecule has 1 aliphatic heterocycles. The largest absolute Gasteiger partial charge is 0.284 e. The molecule has 1 aromatic carbocycles. The Balaban J connectivity index is 2.29. The zero-order valence-corrected chi connectivity index (χ0v) is 10.5. The molecule has 2 amide bonds. The molecule has 17 heavy (non-hydrogen) atoms. The van der Waals surface area contributed by atoms with Crippen LogP contribution in [0.2, 0.25) is 0 Å². The van der Waals surface area contributed by atoms with E-state index in [0.717, 1.165) is 24.0 Å². The van der Waals surface area contributed by atoms with Gasteiger partial charge >= 0.3 is 0 Å². The van der Waals surface area contributed by atoms with Crippen LogP contribution in [0.4, 0.5) is 0 Å². The van der Waals surface area contributed by atoms with Crippen molar-refractivity contribution in [1.82, 2.24) is 5.06 Å². The zero-order valence-electron chi connectivity index (χ0n) is 8.89. The lowest BCUT2D eigenvalue weighted by Crippen LogP contribution is -2.46. The van der Waals surface area contributed by atoms with Crippen molar-refractivity contribution in [2.45, 2.75) is 23.6 Å². The Morgan fingerprint density at radius 3 is 2.88 bits per heavy atom. The molecule has 2 atom stereocenters. The molecule has 0 fully saturated rings. The average molecular weight is 296 g/mol. The molecule has 0 bridgehead atoms. The highest BCUT2D eigenvalue weighted by molar-refractivity contribution is 9.09. The fourth-order valence-electron chi connectivity index (χ4n) is 2.65.